The van der Waals surface area contributed by atoms with E-state index in [4.69, 9.17) is 5.11 Å². The van der Waals surface area contributed by atoms with Crippen molar-refractivity contribution in [2.75, 3.05) is 5.32 Å². The van der Waals surface area contributed by atoms with Crippen LogP contribution in [0, 0.1) is 5.92 Å². The second-order valence-corrected chi connectivity index (χ2v) is 6.00. The van der Waals surface area contributed by atoms with Crippen LogP contribution in [0.5, 0.6) is 0 Å². The van der Waals surface area contributed by atoms with Crippen molar-refractivity contribution in [3.63, 3.8) is 0 Å². The molecule has 3 N–H and O–H groups in total. The highest BCUT2D eigenvalue weighted by Gasteiger charge is 2.24. The molecule has 0 aliphatic heterocycles. The molecule has 120 valence electrons. The smallest absolute Gasteiger partial charge is 0.226 e. The van der Waals surface area contributed by atoms with Gasteiger partial charge in [-0.1, -0.05) is 25.0 Å². The van der Waals surface area contributed by atoms with E-state index < -0.39 is 0 Å². The predicted octanol–water partition coefficient (Wildman–Crippen LogP) is 2.20. The molecule has 1 aromatic carbocycles. The zero-order chi connectivity index (χ0) is 15.9. The van der Waals surface area contributed by atoms with Crippen molar-refractivity contribution in [3.8, 4) is 0 Å². The van der Waals surface area contributed by atoms with Gasteiger partial charge in [-0.15, -0.1) is 0 Å². The number of rotatable bonds is 6. The largest absolute Gasteiger partial charge is 0.392 e. The standard InChI is InChI=1S/C17H24N2O3/c1-12(18-17(22)14-6-2-3-7-14)9-16(21)19-15-8-4-5-13(10-15)11-20/h4-5,8,10,12,14,20H,2-3,6-7,9,11H2,1H3,(H,18,22)(H,19,21). The van der Waals surface area contributed by atoms with E-state index in [1.54, 1.807) is 24.3 Å². The molecule has 0 heterocycles. The van der Waals surface area contributed by atoms with Crippen molar-refractivity contribution in [1.29, 1.82) is 0 Å². The van der Waals surface area contributed by atoms with Crippen LogP contribution in [0.15, 0.2) is 24.3 Å². The molecule has 1 aliphatic carbocycles. The molecule has 1 saturated carbocycles. The molecule has 0 spiro atoms. The minimum atomic E-state index is -0.186. The van der Waals surface area contributed by atoms with Gasteiger partial charge in [-0.05, 0) is 37.5 Å². The maximum Gasteiger partial charge on any atom is 0.226 e. The zero-order valence-electron chi connectivity index (χ0n) is 13.0. The van der Waals surface area contributed by atoms with Crippen LogP contribution in [0.4, 0.5) is 5.69 Å². The van der Waals surface area contributed by atoms with E-state index in [2.05, 4.69) is 10.6 Å². The number of hydrogen-bond donors (Lipinski definition) is 3. The second kappa shape index (κ2) is 7.94. The first-order valence-electron chi connectivity index (χ1n) is 7.88. The molecule has 5 nitrogen and oxygen atoms in total. The first-order chi connectivity index (χ1) is 10.6. The van der Waals surface area contributed by atoms with Crippen molar-refractivity contribution in [2.24, 2.45) is 5.92 Å². The van der Waals surface area contributed by atoms with E-state index in [9.17, 15) is 9.59 Å². The fraction of sp³-hybridized carbons (Fsp3) is 0.529. The molecule has 1 atom stereocenters. The first-order valence-corrected chi connectivity index (χ1v) is 7.88. The normalized spacial score (nSPS) is 16.3. The SMILES string of the molecule is CC(CC(=O)Nc1cccc(CO)c1)NC(=O)C1CCCC1. The molecule has 1 fully saturated rings. The van der Waals surface area contributed by atoms with Gasteiger partial charge in [-0.2, -0.15) is 0 Å². The number of aliphatic hydroxyl groups excluding tert-OH is 1. The monoisotopic (exact) mass is 304 g/mol. The van der Waals surface area contributed by atoms with Gasteiger partial charge < -0.3 is 15.7 Å². The molecule has 1 unspecified atom stereocenters. The van der Waals surface area contributed by atoms with Crippen LogP contribution < -0.4 is 10.6 Å². The van der Waals surface area contributed by atoms with E-state index in [0.717, 1.165) is 31.2 Å². The van der Waals surface area contributed by atoms with E-state index in [1.807, 2.05) is 6.92 Å². The summed E-state index contributed by atoms with van der Waals surface area (Å²) in [6, 6.07) is 6.90. The molecule has 22 heavy (non-hydrogen) atoms. The van der Waals surface area contributed by atoms with Gasteiger partial charge in [0.1, 0.15) is 0 Å². The second-order valence-electron chi connectivity index (χ2n) is 6.00. The Kier molecular flexibility index (Phi) is 5.95. The number of aliphatic hydroxyl groups is 1. The Hall–Kier alpha value is -1.88. The van der Waals surface area contributed by atoms with Crippen molar-refractivity contribution >= 4 is 17.5 Å². The summed E-state index contributed by atoms with van der Waals surface area (Å²) in [6.07, 6.45) is 4.39. The summed E-state index contributed by atoms with van der Waals surface area (Å²) in [4.78, 5) is 24.0. The van der Waals surface area contributed by atoms with Gasteiger partial charge in [-0.3, -0.25) is 9.59 Å². The fourth-order valence-corrected chi connectivity index (χ4v) is 2.84. The number of carbonyl (C=O) groups excluding carboxylic acids is 2. The molecule has 2 amide bonds. The van der Waals surface area contributed by atoms with Crippen molar-refractivity contribution < 1.29 is 14.7 Å². The molecule has 0 radical (unpaired) electrons. The molecule has 1 aliphatic rings. The highest BCUT2D eigenvalue weighted by atomic mass is 16.3. The molecular weight excluding hydrogens is 280 g/mol. The minimum Gasteiger partial charge on any atom is -0.392 e. The topological polar surface area (TPSA) is 78.4 Å². The van der Waals surface area contributed by atoms with E-state index in [0.29, 0.717) is 5.69 Å². The van der Waals surface area contributed by atoms with Crippen LogP contribution in [-0.2, 0) is 16.2 Å². The van der Waals surface area contributed by atoms with Crippen LogP contribution in [0.3, 0.4) is 0 Å². The van der Waals surface area contributed by atoms with Crippen molar-refractivity contribution in [1.82, 2.24) is 5.32 Å². The molecule has 5 heteroatoms. The third-order valence-corrected chi connectivity index (χ3v) is 4.00. The van der Waals surface area contributed by atoms with Crippen molar-refractivity contribution in [3.05, 3.63) is 29.8 Å². The summed E-state index contributed by atoms with van der Waals surface area (Å²) in [5.41, 5.74) is 1.41. The summed E-state index contributed by atoms with van der Waals surface area (Å²) in [7, 11) is 0. The Balaban J connectivity index is 1.79. The van der Waals surface area contributed by atoms with Gasteiger partial charge in [0.25, 0.3) is 0 Å². The number of hydrogen-bond acceptors (Lipinski definition) is 3. The van der Waals surface area contributed by atoms with Crippen LogP contribution in [-0.4, -0.2) is 23.0 Å². The number of carbonyl (C=O) groups is 2. The van der Waals surface area contributed by atoms with Crippen LogP contribution in [0.25, 0.3) is 0 Å². The Morgan fingerprint density at radius 3 is 2.73 bits per heavy atom. The third kappa shape index (κ3) is 4.84. The third-order valence-electron chi connectivity index (χ3n) is 4.00. The lowest BCUT2D eigenvalue weighted by molar-refractivity contribution is -0.125. The van der Waals surface area contributed by atoms with Gasteiger partial charge in [-0.25, -0.2) is 0 Å². The summed E-state index contributed by atoms with van der Waals surface area (Å²) in [6.45, 7) is 1.79. The van der Waals surface area contributed by atoms with Gasteiger partial charge >= 0.3 is 0 Å². The fourth-order valence-electron chi connectivity index (χ4n) is 2.84. The molecule has 0 aromatic heterocycles. The lowest BCUT2D eigenvalue weighted by Crippen LogP contribution is -2.38. The molecular formula is C17H24N2O3. The lowest BCUT2D eigenvalue weighted by Gasteiger charge is -2.17. The minimum absolute atomic E-state index is 0.0580. The van der Waals surface area contributed by atoms with Crippen LogP contribution >= 0.6 is 0 Å². The van der Waals surface area contributed by atoms with E-state index in [-0.39, 0.29) is 36.8 Å². The molecule has 0 bridgehead atoms. The summed E-state index contributed by atoms with van der Waals surface area (Å²) < 4.78 is 0. The molecule has 0 saturated heterocycles. The Morgan fingerprint density at radius 1 is 1.32 bits per heavy atom. The van der Waals surface area contributed by atoms with Gasteiger partial charge in [0.15, 0.2) is 0 Å². The average Bonchev–Trinajstić information content (AvgIpc) is 3.01. The highest BCUT2D eigenvalue weighted by molar-refractivity contribution is 5.91. The maximum atomic E-state index is 12.0. The van der Waals surface area contributed by atoms with Crippen LogP contribution in [0.1, 0.15) is 44.6 Å². The number of anilines is 1. The maximum absolute atomic E-state index is 12.0. The average molecular weight is 304 g/mol. The zero-order valence-corrected chi connectivity index (χ0v) is 13.0. The Bertz CT molecular complexity index is 524. The van der Waals surface area contributed by atoms with Crippen LogP contribution in [0.2, 0.25) is 0 Å². The van der Waals surface area contributed by atoms with Gasteiger partial charge in [0, 0.05) is 24.1 Å². The molecule has 1 aromatic rings. The summed E-state index contributed by atoms with van der Waals surface area (Å²) in [5, 5.41) is 14.8. The first kappa shape index (κ1) is 16.5. The van der Waals surface area contributed by atoms with E-state index >= 15 is 0 Å². The van der Waals surface area contributed by atoms with Gasteiger partial charge in [0.05, 0.1) is 6.61 Å². The van der Waals surface area contributed by atoms with Crippen molar-refractivity contribution in [2.45, 2.75) is 51.7 Å². The van der Waals surface area contributed by atoms with Gasteiger partial charge in [0.2, 0.25) is 11.8 Å². The van der Waals surface area contributed by atoms with E-state index in [1.165, 1.54) is 0 Å². The predicted molar refractivity (Wildman–Crippen MR) is 85.2 cm³/mol. The quantitative estimate of drug-likeness (QED) is 0.754. The Morgan fingerprint density at radius 2 is 2.05 bits per heavy atom. The highest BCUT2D eigenvalue weighted by Crippen LogP contribution is 2.24. The number of benzene rings is 1. The summed E-state index contributed by atoms with van der Waals surface area (Å²) >= 11 is 0. The summed E-state index contributed by atoms with van der Waals surface area (Å²) in [5.74, 6) is 0.0427. The number of amides is 2. The lowest BCUT2D eigenvalue weighted by atomic mass is 10.1. The Labute approximate surface area is 131 Å². The number of nitrogens with one attached hydrogen (secondary N) is 2. The molecule has 2 rings (SSSR count).